The van der Waals surface area contributed by atoms with E-state index in [1.165, 1.54) is 4.57 Å². The molecular formula is C29H37N7O8. The van der Waals surface area contributed by atoms with Crippen molar-refractivity contribution >= 4 is 40.7 Å². The van der Waals surface area contributed by atoms with Crippen LogP contribution in [0.1, 0.15) is 57.6 Å². The summed E-state index contributed by atoms with van der Waals surface area (Å²) in [6.07, 6.45) is 0.627. The summed E-state index contributed by atoms with van der Waals surface area (Å²) in [7, 11) is 1.54. The predicted octanol–water partition coefficient (Wildman–Crippen LogP) is 1.44. The molecule has 2 atom stereocenters. The Kier molecular flexibility index (Phi) is 9.98. The summed E-state index contributed by atoms with van der Waals surface area (Å²) in [6.45, 7) is 6.20. The lowest BCUT2D eigenvalue weighted by Crippen LogP contribution is -2.41. The van der Waals surface area contributed by atoms with Crippen LogP contribution in [-0.4, -0.2) is 68.6 Å². The number of imide groups is 1. The minimum absolute atomic E-state index is 0.00805. The van der Waals surface area contributed by atoms with Crippen molar-refractivity contribution in [2.75, 3.05) is 26.1 Å². The van der Waals surface area contributed by atoms with E-state index in [4.69, 9.17) is 20.0 Å². The highest BCUT2D eigenvalue weighted by molar-refractivity contribution is 6.01. The van der Waals surface area contributed by atoms with Gasteiger partial charge in [-0.3, -0.25) is 19.0 Å². The molecule has 1 aromatic carbocycles. The van der Waals surface area contributed by atoms with Gasteiger partial charge in [0.15, 0.2) is 11.5 Å². The fourth-order valence-electron chi connectivity index (χ4n) is 4.79. The number of nitrogens with two attached hydrogens (primary N) is 1. The highest BCUT2D eigenvalue weighted by atomic mass is 16.7. The molecule has 3 amide bonds. The van der Waals surface area contributed by atoms with Gasteiger partial charge in [-0.05, 0) is 24.0 Å². The second-order valence-electron chi connectivity index (χ2n) is 11.0. The van der Waals surface area contributed by atoms with Crippen LogP contribution in [0.5, 0.6) is 6.01 Å². The molecule has 4 N–H and O–H groups in total. The molecule has 0 radical (unpaired) electrons. The van der Waals surface area contributed by atoms with Crippen molar-refractivity contribution in [3.8, 4) is 6.01 Å². The summed E-state index contributed by atoms with van der Waals surface area (Å²) < 4.78 is 11.9. The first-order valence-electron chi connectivity index (χ1n) is 14.3. The zero-order chi connectivity index (χ0) is 32.0. The van der Waals surface area contributed by atoms with Gasteiger partial charge in [-0.1, -0.05) is 45.0 Å². The molecule has 1 aliphatic heterocycles. The molecule has 0 bridgehead atoms. The summed E-state index contributed by atoms with van der Waals surface area (Å²) in [5, 5.41) is 3.44. The van der Waals surface area contributed by atoms with Crippen LogP contribution < -0.4 is 21.5 Å². The van der Waals surface area contributed by atoms with Crippen molar-refractivity contribution in [3.05, 3.63) is 45.9 Å². The van der Waals surface area contributed by atoms with E-state index in [2.05, 4.69) is 20.3 Å². The van der Waals surface area contributed by atoms with Crippen LogP contribution in [0.3, 0.4) is 0 Å². The number of hydrogen-bond acceptors (Lipinski definition) is 11. The molecule has 4 rings (SSSR count). The Morgan fingerprint density at radius 1 is 1.09 bits per heavy atom. The number of H-pyrrole nitrogens is 1. The number of aromatic amines is 1. The van der Waals surface area contributed by atoms with E-state index >= 15 is 0 Å². The first-order chi connectivity index (χ1) is 20.9. The number of imidazole rings is 1. The van der Waals surface area contributed by atoms with Crippen LogP contribution in [0, 0.1) is 11.3 Å². The lowest BCUT2D eigenvalue weighted by molar-refractivity contribution is -0.200. The quantitative estimate of drug-likeness (QED) is 0.176. The third-order valence-electron chi connectivity index (χ3n) is 7.64. The summed E-state index contributed by atoms with van der Waals surface area (Å²) >= 11 is 0. The number of fused-ring (bicyclic) bond motifs is 1. The first-order valence-corrected chi connectivity index (χ1v) is 14.3. The van der Waals surface area contributed by atoms with Crippen molar-refractivity contribution in [3.63, 3.8) is 0 Å². The van der Waals surface area contributed by atoms with Gasteiger partial charge in [0, 0.05) is 31.9 Å². The van der Waals surface area contributed by atoms with Crippen LogP contribution in [-0.2, 0) is 41.8 Å². The highest BCUT2D eigenvalue weighted by Crippen LogP contribution is 2.31. The minimum Gasteiger partial charge on any atom is -0.461 e. The molecule has 0 aliphatic carbocycles. The molecule has 1 saturated heterocycles. The van der Waals surface area contributed by atoms with E-state index in [9.17, 15) is 24.0 Å². The largest absolute Gasteiger partial charge is 0.461 e. The van der Waals surface area contributed by atoms with E-state index in [0.717, 1.165) is 11.1 Å². The van der Waals surface area contributed by atoms with Gasteiger partial charge in [-0.25, -0.2) is 9.59 Å². The number of nitrogens with one attached hydrogen (secondary N) is 2. The van der Waals surface area contributed by atoms with Crippen molar-refractivity contribution in [1.82, 2.24) is 29.9 Å². The van der Waals surface area contributed by atoms with Gasteiger partial charge in [0.05, 0.1) is 19.1 Å². The van der Waals surface area contributed by atoms with Crippen LogP contribution in [0.25, 0.3) is 11.2 Å². The summed E-state index contributed by atoms with van der Waals surface area (Å²) in [6, 6.07) is 7.39. The molecule has 1 fully saturated rings. The van der Waals surface area contributed by atoms with Gasteiger partial charge in [0.25, 0.3) is 11.8 Å². The molecule has 0 saturated carbocycles. The van der Waals surface area contributed by atoms with Crippen LogP contribution in [0.4, 0.5) is 5.82 Å². The predicted molar refractivity (Wildman–Crippen MR) is 157 cm³/mol. The molecule has 236 valence electrons. The maximum Gasteiger partial charge on any atom is 0.336 e. The van der Waals surface area contributed by atoms with Crippen LogP contribution in [0.2, 0.25) is 0 Å². The van der Waals surface area contributed by atoms with Crippen molar-refractivity contribution in [1.29, 1.82) is 0 Å². The van der Waals surface area contributed by atoms with E-state index < -0.39 is 34.8 Å². The Balaban J connectivity index is 1.36. The Labute approximate surface area is 253 Å². The number of amides is 3. The molecule has 15 nitrogen and oxygen atoms in total. The maximum atomic E-state index is 13.2. The first kappa shape index (κ1) is 32.1. The van der Waals surface area contributed by atoms with E-state index in [0.29, 0.717) is 29.3 Å². The van der Waals surface area contributed by atoms with Gasteiger partial charge < -0.3 is 30.3 Å². The Bertz CT molecular complexity index is 1580. The number of ether oxygens (including phenoxy) is 2. The van der Waals surface area contributed by atoms with Crippen LogP contribution >= 0.6 is 0 Å². The monoisotopic (exact) mass is 611 g/mol. The Morgan fingerprint density at radius 2 is 1.75 bits per heavy atom. The zero-order valence-corrected chi connectivity index (χ0v) is 25.2. The molecule has 3 aromatic rings. The topological polar surface area (TPSA) is 201 Å². The van der Waals surface area contributed by atoms with Gasteiger partial charge in [0.1, 0.15) is 12.1 Å². The lowest BCUT2D eigenvalue weighted by atomic mass is 9.78. The number of rotatable bonds is 14. The SMILES string of the molecule is CCC(C)(CC(C)C(=O)ON1C(=O)CCC1=O)C(=O)NCc1ccc(Cn2c(=O)[nH]c3c(N)nc(OCCOC)nc32)cc1. The highest BCUT2D eigenvalue weighted by Gasteiger charge is 2.38. The average molecular weight is 612 g/mol. The Hall–Kier alpha value is -4.79. The van der Waals surface area contributed by atoms with Crippen molar-refractivity contribution in [2.24, 2.45) is 11.3 Å². The number of benzene rings is 1. The number of carbonyl (C=O) groups is 4. The number of hydrogen-bond donors (Lipinski definition) is 3. The standard InChI is InChI=1S/C29H37N7O8/c1-5-29(3,14-17(2)25(39)44-36-20(37)10-11-21(36)38)26(40)31-15-18-6-8-19(9-7-18)16-35-24-22(32-28(35)41)23(30)33-27(34-24)43-13-12-42-4/h6-9,17H,5,10-16H2,1-4H3,(H,31,40)(H,32,41)(H2,30,33,34). The van der Waals surface area contributed by atoms with Crippen molar-refractivity contribution in [2.45, 2.75) is 59.5 Å². The van der Waals surface area contributed by atoms with Gasteiger partial charge >= 0.3 is 17.7 Å². The second-order valence-corrected chi connectivity index (χ2v) is 11.0. The summed E-state index contributed by atoms with van der Waals surface area (Å²) in [5.74, 6) is -2.73. The zero-order valence-electron chi connectivity index (χ0n) is 25.2. The molecular weight excluding hydrogens is 574 g/mol. The number of methoxy groups -OCH3 is 1. The van der Waals surface area contributed by atoms with Crippen molar-refractivity contribution < 1.29 is 33.5 Å². The summed E-state index contributed by atoms with van der Waals surface area (Å²) in [4.78, 5) is 78.1. The molecule has 2 aromatic heterocycles. The normalized spacial score (nSPS) is 15.3. The fraction of sp³-hybridized carbons (Fsp3) is 0.483. The van der Waals surface area contributed by atoms with Gasteiger partial charge in [-0.15, -0.1) is 5.06 Å². The van der Waals surface area contributed by atoms with E-state index in [1.807, 2.05) is 31.2 Å². The van der Waals surface area contributed by atoms with Crippen LogP contribution in [0.15, 0.2) is 29.1 Å². The second kappa shape index (κ2) is 13.7. The third kappa shape index (κ3) is 7.22. The smallest absolute Gasteiger partial charge is 0.336 e. The van der Waals surface area contributed by atoms with Gasteiger partial charge in [0.2, 0.25) is 5.91 Å². The average Bonchev–Trinajstić information content (AvgIpc) is 3.49. The Morgan fingerprint density at radius 3 is 2.39 bits per heavy atom. The lowest BCUT2D eigenvalue weighted by Gasteiger charge is -2.29. The minimum atomic E-state index is -0.899. The number of hydroxylamine groups is 2. The van der Waals surface area contributed by atoms with Gasteiger partial charge in [-0.2, -0.15) is 9.97 Å². The molecule has 15 heteroatoms. The number of carbonyl (C=O) groups excluding carboxylic acids is 4. The van der Waals surface area contributed by atoms with E-state index in [-0.39, 0.29) is 56.7 Å². The van der Waals surface area contributed by atoms with E-state index in [1.54, 1.807) is 21.0 Å². The molecule has 1 aliphatic rings. The maximum absolute atomic E-state index is 13.2. The number of aromatic nitrogens is 4. The third-order valence-corrected chi connectivity index (χ3v) is 7.64. The number of anilines is 1. The molecule has 0 spiro atoms. The number of nitrogens with zero attached hydrogens (tertiary/aromatic N) is 4. The molecule has 44 heavy (non-hydrogen) atoms. The summed E-state index contributed by atoms with van der Waals surface area (Å²) in [5.41, 5.74) is 6.96. The fourth-order valence-corrected chi connectivity index (χ4v) is 4.79. The number of nitrogen functional groups attached to an aromatic ring is 1. The molecule has 2 unspecified atom stereocenters. The molecule has 3 heterocycles.